The van der Waals surface area contributed by atoms with Crippen molar-refractivity contribution in [3.63, 3.8) is 0 Å². The van der Waals surface area contributed by atoms with Gasteiger partial charge in [-0.05, 0) is 39.3 Å². The second kappa shape index (κ2) is 7.19. The van der Waals surface area contributed by atoms with Gasteiger partial charge in [-0.25, -0.2) is 8.78 Å². The highest BCUT2D eigenvalue weighted by Crippen LogP contribution is 2.29. The Kier molecular flexibility index (Phi) is 5.56. The van der Waals surface area contributed by atoms with Crippen LogP contribution in [0.4, 0.5) is 22.0 Å². The van der Waals surface area contributed by atoms with E-state index in [-0.39, 0.29) is 10.0 Å². The van der Waals surface area contributed by atoms with Crippen molar-refractivity contribution in [2.45, 2.75) is 11.1 Å². The van der Waals surface area contributed by atoms with Crippen molar-refractivity contribution in [2.24, 2.45) is 10.9 Å². The number of halogens is 6. The third-order valence-electron chi connectivity index (χ3n) is 2.99. The topological polar surface area (TPSA) is 81.8 Å². The van der Waals surface area contributed by atoms with E-state index in [1.165, 1.54) is 0 Å². The van der Waals surface area contributed by atoms with Crippen molar-refractivity contribution in [3.8, 4) is 0 Å². The molecular formula is C14H8BrF5N2O3S. The predicted molar refractivity (Wildman–Crippen MR) is 84.5 cm³/mol. The molecule has 0 fully saturated rings. The summed E-state index contributed by atoms with van der Waals surface area (Å²) in [6.45, 7) is 0. The lowest BCUT2D eigenvalue weighted by atomic mass is 10.1. The molecule has 2 aromatic carbocycles. The molecule has 26 heavy (non-hydrogen) atoms. The first-order valence-electron chi connectivity index (χ1n) is 6.51. The van der Waals surface area contributed by atoms with Crippen LogP contribution in [0.3, 0.4) is 0 Å². The molecule has 0 radical (unpaired) electrons. The molecule has 0 atom stereocenters. The van der Waals surface area contributed by atoms with Gasteiger partial charge in [0.05, 0.1) is 10.0 Å². The molecule has 2 aromatic rings. The van der Waals surface area contributed by atoms with Crippen LogP contribution in [0.1, 0.15) is 11.1 Å². The molecule has 12 heteroatoms. The Morgan fingerprint density at radius 2 is 1.65 bits per heavy atom. The Morgan fingerprint density at radius 1 is 1.08 bits per heavy atom. The summed E-state index contributed by atoms with van der Waals surface area (Å²) >= 11 is 2.68. The van der Waals surface area contributed by atoms with Crippen LogP contribution in [-0.4, -0.2) is 14.3 Å². The van der Waals surface area contributed by atoms with Crippen LogP contribution < -0.4 is 5.73 Å². The van der Waals surface area contributed by atoms with Crippen LogP contribution in [0.25, 0.3) is 0 Å². The lowest BCUT2D eigenvalue weighted by molar-refractivity contribution is -0.137. The molecule has 5 nitrogen and oxygen atoms in total. The third kappa shape index (κ3) is 4.49. The quantitative estimate of drug-likeness (QED) is 0.248. The minimum Gasteiger partial charge on any atom is -0.380 e. The molecule has 0 amide bonds. The van der Waals surface area contributed by atoms with Crippen molar-refractivity contribution in [2.75, 3.05) is 0 Å². The lowest BCUT2D eigenvalue weighted by Gasteiger charge is -2.08. The highest BCUT2D eigenvalue weighted by molar-refractivity contribution is 9.10. The van der Waals surface area contributed by atoms with E-state index in [0.717, 1.165) is 12.1 Å². The average Bonchev–Trinajstić information content (AvgIpc) is 2.55. The molecule has 0 saturated carbocycles. The minimum absolute atomic E-state index is 0.0735. The van der Waals surface area contributed by atoms with E-state index in [1.807, 2.05) is 0 Å². The van der Waals surface area contributed by atoms with E-state index < -0.39 is 44.2 Å². The SMILES string of the molecule is NC(=NOS(=O)(=O)c1cc(F)c(Br)cc1F)c1ccc(C(F)(F)F)cc1. The van der Waals surface area contributed by atoms with Crippen LogP contribution in [0.2, 0.25) is 0 Å². The molecule has 2 rings (SSSR count). The summed E-state index contributed by atoms with van der Waals surface area (Å²) < 4.78 is 92.2. The molecule has 0 unspecified atom stereocenters. The van der Waals surface area contributed by atoms with Gasteiger partial charge in [-0.15, -0.1) is 0 Å². The predicted octanol–water partition coefficient (Wildman–Crippen LogP) is 3.77. The van der Waals surface area contributed by atoms with E-state index in [1.54, 1.807) is 0 Å². The average molecular weight is 459 g/mol. The number of rotatable bonds is 4. The molecule has 0 spiro atoms. The summed E-state index contributed by atoms with van der Waals surface area (Å²) in [6.07, 6.45) is -4.56. The Balaban J connectivity index is 2.26. The summed E-state index contributed by atoms with van der Waals surface area (Å²) in [5.41, 5.74) is 4.41. The normalized spacial score (nSPS) is 12.9. The lowest BCUT2D eigenvalue weighted by Crippen LogP contribution is -2.16. The van der Waals surface area contributed by atoms with Gasteiger partial charge in [-0.3, -0.25) is 4.28 Å². The molecule has 0 bridgehead atoms. The van der Waals surface area contributed by atoms with E-state index in [2.05, 4.69) is 25.4 Å². The monoisotopic (exact) mass is 458 g/mol. The van der Waals surface area contributed by atoms with Crippen molar-refractivity contribution in [1.82, 2.24) is 0 Å². The first-order valence-corrected chi connectivity index (χ1v) is 8.71. The first-order chi connectivity index (χ1) is 11.9. The fraction of sp³-hybridized carbons (Fsp3) is 0.0714. The molecule has 140 valence electrons. The molecule has 0 aliphatic carbocycles. The molecule has 2 N–H and O–H groups in total. The van der Waals surface area contributed by atoms with E-state index in [0.29, 0.717) is 24.3 Å². The van der Waals surface area contributed by atoms with Gasteiger partial charge in [-0.1, -0.05) is 12.1 Å². The Morgan fingerprint density at radius 3 is 2.19 bits per heavy atom. The van der Waals surface area contributed by atoms with Crippen LogP contribution >= 0.6 is 15.9 Å². The van der Waals surface area contributed by atoms with Gasteiger partial charge in [0.1, 0.15) is 16.5 Å². The number of alkyl halides is 3. The number of hydrogen-bond acceptors (Lipinski definition) is 4. The Labute approximate surface area is 152 Å². The highest BCUT2D eigenvalue weighted by Gasteiger charge is 2.30. The molecule has 0 heterocycles. The van der Waals surface area contributed by atoms with Crippen LogP contribution in [-0.2, 0) is 20.6 Å². The van der Waals surface area contributed by atoms with E-state index >= 15 is 0 Å². The van der Waals surface area contributed by atoms with Gasteiger partial charge in [0.2, 0.25) is 0 Å². The van der Waals surface area contributed by atoms with Crippen LogP contribution in [0.5, 0.6) is 0 Å². The van der Waals surface area contributed by atoms with Crippen molar-refractivity contribution in [3.05, 3.63) is 63.6 Å². The maximum Gasteiger partial charge on any atom is 0.416 e. The van der Waals surface area contributed by atoms with E-state index in [4.69, 9.17) is 5.73 Å². The second-order valence-electron chi connectivity index (χ2n) is 4.78. The summed E-state index contributed by atoms with van der Waals surface area (Å²) in [6, 6.07) is 4.24. The van der Waals surface area contributed by atoms with Crippen molar-refractivity contribution < 1.29 is 34.7 Å². The van der Waals surface area contributed by atoms with Gasteiger partial charge >= 0.3 is 16.3 Å². The first kappa shape index (κ1) is 20.1. The summed E-state index contributed by atoms with van der Waals surface area (Å²) in [5, 5.41) is 3.05. The van der Waals surface area contributed by atoms with Crippen LogP contribution in [0.15, 0.2) is 50.9 Å². The molecule has 0 aliphatic heterocycles. The van der Waals surface area contributed by atoms with Gasteiger partial charge < -0.3 is 5.73 Å². The smallest absolute Gasteiger partial charge is 0.380 e. The number of nitrogens with two attached hydrogens (primary N) is 1. The third-order valence-corrected chi connectivity index (χ3v) is 4.72. The molecule has 0 aromatic heterocycles. The molecule has 0 saturated heterocycles. The van der Waals surface area contributed by atoms with Crippen molar-refractivity contribution in [1.29, 1.82) is 0 Å². The van der Waals surface area contributed by atoms with Crippen molar-refractivity contribution >= 4 is 31.9 Å². The Bertz CT molecular complexity index is 960. The van der Waals surface area contributed by atoms with Gasteiger partial charge in [0, 0.05) is 11.6 Å². The minimum atomic E-state index is -4.85. The number of oxime groups is 1. The molecular weight excluding hydrogens is 451 g/mol. The maximum absolute atomic E-state index is 13.7. The number of hydrogen-bond donors (Lipinski definition) is 1. The summed E-state index contributed by atoms with van der Waals surface area (Å²) in [4.78, 5) is -1.12. The maximum atomic E-state index is 13.7. The number of nitrogens with zero attached hydrogens (tertiary/aromatic N) is 1. The summed E-state index contributed by atoms with van der Waals surface area (Å²) in [5.74, 6) is -2.95. The largest absolute Gasteiger partial charge is 0.416 e. The Hall–Kier alpha value is -2.21. The number of amidine groups is 1. The molecule has 0 aliphatic rings. The zero-order valence-corrected chi connectivity index (χ0v) is 14.8. The fourth-order valence-corrected chi connectivity index (χ4v) is 2.83. The zero-order valence-electron chi connectivity index (χ0n) is 12.4. The fourth-order valence-electron chi connectivity index (χ4n) is 1.71. The van der Waals surface area contributed by atoms with Gasteiger partial charge in [0.25, 0.3) is 0 Å². The summed E-state index contributed by atoms with van der Waals surface area (Å²) in [7, 11) is -4.85. The van der Waals surface area contributed by atoms with Gasteiger partial charge in [0.15, 0.2) is 5.84 Å². The standard InChI is InChI=1S/C14H8BrF5N2O3S/c15-9-5-11(17)12(6-10(9)16)26(23,24)25-22-13(21)7-1-3-8(4-2-7)14(18,19)20/h1-6H,(H2,21,22). The second-order valence-corrected chi connectivity index (χ2v) is 7.13. The van der Waals surface area contributed by atoms with E-state index in [9.17, 15) is 30.4 Å². The zero-order chi connectivity index (χ0) is 19.7. The number of benzene rings is 2. The van der Waals surface area contributed by atoms with Gasteiger partial charge in [-0.2, -0.15) is 21.6 Å². The van der Waals surface area contributed by atoms with Crippen LogP contribution in [0, 0.1) is 11.6 Å². The highest BCUT2D eigenvalue weighted by atomic mass is 79.9.